The monoisotopic (exact) mass is 159 g/mol. The summed E-state index contributed by atoms with van der Waals surface area (Å²) in [5.74, 6) is 0.594. The molecular formula is C12H15. The molecule has 0 spiro atoms. The van der Waals surface area contributed by atoms with Gasteiger partial charge in [0.25, 0.3) is 0 Å². The molecule has 1 aromatic rings. The first kappa shape index (κ1) is 9.05. The number of benzene rings is 1. The van der Waals surface area contributed by atoms with E-state index in [0.29, 0.717) is 5.92 Å². The Morgan fingerprint density at radius 1 is 1.33 bits per heavy atom. The molecule has 0 aliphatic rings. The third kappa shape index (κ3) is 2.23. The van der Waals surface area contributed by atoms with Gasteiger partial charge in [0.05, 0.1) is 0 Å². The summed E-state index contributed by atoms with van der Waals surface area (Å²) in [5.41, 5.74) is 1.39. The van der Waals surface area contributed by atoms with Gasteiger partial charge < -0.3 is 0 Å². The largest absolute Gasteiger partial charge is 0.0839 e. The van der Waals surface area contributed by atoms with Crippen molar-refractivity contribution in [3.63, 3.8) is 0 Å². The molecular weight excluding hydrogens is 144 g/mol. The van der Waals surface area contributed by atoms with Crippen molar-refractivity contribution in [3.8, 4) is 0 Å². The van der Waals surface area contributed by atoms with Crippen LogP contribution in [0.3, 0.4) is 0 Å². The summed E-state index contributed by atoms with van der Waals surface area (Å²) in [4.78, 5) is 0. The molecule has 1 aromatic carbocycles. The molecule has 12 heavy (non-hydrogen) atoms. The Morgan fingerprint density at radius 3 is 2.50 bits per heavy atom. The quantitative estimate of drug-likeness (QED) is 0.630. The Hall–Kier alpha value is -1.04. The van der Waals surface area contributed by atoms with E-state index in [1.807, 2.05) is 6.07 Å². The van der Waals surface area contributed by atoms with Crippen LogP contribution < -0.4 is 0 Å². The van der Waals surface area contributed by atoms with Crippen molar-refractivity contribution < 1.29 is 0 Å². The van der Waals surface area contributed by atoms with E-state index in [1.54, 1.807) is 6.08 Å². The normalized spacial score (nSPS) is 12.4. The standard InChI is InChI=1S/C12H15/c1-3-8-11(4-2)12-9-6-5-7-10-12/h1,3,5-7,9-11H,4,8H2,2H3. The third-order valence-corrected chi connectivity index (χ3v) is 2.18. The van der Waals surface area contributed by atoms with Crippen LogP contribution in [0.4, 0.5) is 0 Å². The maximum absolute atomic E-state index is 5.42. The van der Waals surface area contributed by atoms with Crippen LogP contribution in [0.5, 0.6) is 0 Å². The first-order chi connectivity index (χ1) is 5.88. The van der Waals surface area contributed by atoms with Gasteiger partial charge in [-0.25, -0.2) is 0 Å². The summed E-state index contributed by atoms with van der Waals surface area (Å²) in [7, 11) is 0. The Morgan fingerprint density at radius 2 is 2.00 bits per heavy atom. The lowest BCUT2D eigenvalue weighted by molar-refractivity contribution is 0.675. The fraction of sp³-hybridized carbons (Fsp3) is 0.333. The molecule has 0 aliphatic heterocycles. The van der Waals surface area contributed by atoms with Crippen LogP contribution in [0.2, 0.25) is 0 Å². The summed E-state index contributed by atoms with van der Waals surface area (Å²) >= 11 is 0. The zero-order chi connectivity index (χ0) is 8.81. The van der Waals surface area contributed by atoms with Gasteiger partial charge in [0.15, 0.2) is 0 Å². The lowest BCUT2D eigenvalue weighted by atomic mass is 9.93. The zero-order valence-electron chi connectivity index (χ0n) is 7.53. The number of allylic oxidation sites excluding steroid dienone is 1. The van der Waals surface area contributed by atoms with Gasteiger partial charge in [-0.2, -0.15) is 0 Å². The fourth-order valence-corrected chi connectivity index (χ4v) is 1.43. The second-order valence-corrected chi connectivity index (χ2v) is 2.99. The van der Waals surface area contributed by atoms with Gasteiger partial charge in [0, 0.05) is 0 Å². The Balaban J connectivity index is 2.72. The highest BCUT2D eigenvalue weighted by molar-refractivity contribution is 5.19. The molecule has 0 amide bonds. The van der Waals surface area contributed by atoms with E-state index < -0.39 is 0 Å². The SMILES string of the molecule is [CH]=CCC(CC)c1ccccc1. The molecule has 0 aliphatic carbocycles. The average molecular weight is 159 g/mol. The summed E-state index contributed by atoms with van der Waals surface area (Å²) in [5, 5.41) is 0. The summed E-state index contributed by atoms with van der Waals surface area (Å²) in [6.07, 6.45) is 3.87. The van der Waals surface area contributed by atoms with E-state index in [2.05, 4.69) is 31.2 Å². The van der Waals surface area contributed by atoms with Crippen molar-refractivity contribution in [2.75, 3.05) is 0 Å². The molecule has 0 bridgehead atoms. The minimum atomic E-state index is 0.594. The maximum atomic E-state index is 5.42. The molecule has 0 saturated carbocycles. The van der Waals surface area contributed by atoms with Gasteiger partial charge in [0.2, 0.25) is 0 Å². The van der Waals surface area contributed by atoms with E-state index >= 15 is 0 Å². The fourth-order valence-electron chi connectivity index (χ4n) is 1.43. The predicted molar refractivity (Wildman–Crippen MR) is 53.0 cm³/mol. The van der Waals surface area contributed by atoms with Crippen molar-refractivity contribution in [3.05, 3.63) is 48.6 Å². The Bertz CT molecular complexity index is 223. The topological polar surface area (TPSA) is 0 Å². The average Bonchev–Trinajstić information content (AvgIpc) is 2.15. The second-order valence-electron chi connectivity index (χ2n) is 2.99. The highest BCUT2D eigenvalue weighted by atomic mass is 14.1. The number of hydrogen-bond acceptors (Lipinski definition) is 0. The zero-order valence-corrected chi connectivity index (χ0v) is 7.53. The van der Waals surface area contributed by atoms with Gasteiger partial charge in [-0.3, -0.25) is 0 Å². The molecule has 0 heterocycles. The smallest absolute Gasteiger partial charge is 0.0130 e. The van der Waals surface area contributed by atoms with Crippen molar-refractivity contribution in [2.24, 2.45) is 0 Å². The van der Waals surface area contributed by atoms with Crippen LogP contribution in [-0.2, 0) is 0 Å². The van der Waals surface area contributed by atoms with E-state index in [1.165, 1.54) is 5.56 Å². The van der Waals surface area contributed by atoms with Gasteiger partial charge in [0.1, 0.15) is 0 Å². The van der Waals surface area contributed by atoms with Crippen LogP contribution in [-0.4, -0.2) is 0 Å². The predicted octanol–water partition coefficient (Wildman–Crippen LogP) is 3.56. The van der Waals surface area contributed by atoms with E-state index in [-0.39, 0.29) is 0 Å². The molecule has 0 fully saturated rings. The van der Waals surface area contributed by atoms with Crippen LogP contribution in [0.1, 0.15) is 31.2 Å². The lowest BCUT2D eigenvalue weighted by Gasteiger charge is -2.11. The first-order valence-corrected chi connectivity index (χ1v) is 4.46. The molecule has 0 saturated heterocycles. The molecule has 1 radical (unpaired) electrons. The summed E-state index contributed by atoms with van der Waals surface area (Å²) in [6, 6.07) is 10.5. The molecule has 0 aromatic heterocycles. The summed E-state index contributed by atoms with van der Waals surface area (Å²) < 4.78 is 0. The van der Waals surface area contributed by atoms with E-state index in [9.17, 15) is 0 Å². The van der Waals surface area contributed by atoms with Crippen LogP contribution in [0.15, 0.2) is 36.4 Å². The molecule has 63 valence electrons. The highest BCUT2D eigenvalue weighted by Crippen LogP contribution is 2.22. The van der Waals surface area contributed by atoms with E-state index in [0.717, 1.165) is 12.8 Å². The minimum Gasteiger partial charge on any atom is -0.0839 e. The van der Waals surface area contributed by atoms with Gasteiger partial charge >= 0.3 is 0 Å². The third-order valence-electron chi connectivity index (χ3n) is 2.18. The highest BCUT2D eigenvalue weighted by Gasteiger charge is 2.05. The Kier molecular flexibility index (Phi) is 3.59. The molecule has 1 rings (SSSR count). The van der Waals surface area contributed by atoms with Crippen LogP contribution in [0, 0.1) is 6.58 Å². The van der Waals surface area contributed by atoms with Crippen molar-refractivity contribution in [1.82, 2.24) is 0 Å². The molecule has 1 unspecified atom stereocenters. The van der Waals surface area contributed by atoms with E-state index in [4.69, 9.17) is 6.58 Å². The van der Waals surface area contributed by atoms with Crippen LogP contribution >= 0.6 is 0 Å². The maximum Gasteiger partial charge on any atom is -0.0130 e. The van der Waals surface area contributed by atoms with Crippen LogP contribution in [0.25, 0.3) is 0 Å². The summed E-state index contributed by atoms with van der Waals surface area (Å²) in [6.45, 7) is 7.61. The van der Waals surface area contributed by atoms with Gasteiger partial charge in [-0.05, 0) is 24.3 Å². The minimum absolute atomic E-state index is 0.594. The molecule has 0 N–H and O–H groups in total. The second kappa shape index (κ2) is 4.76. The number of hydrogen-bond donors (Lipinski definition) is 0. The van der Waals surface area contributed by atoms with Gasteiger partial charge in [-0.15, -0.1) is 0 Å². The first-order valence-electron chi connectivity index (χ1n) is 4.46. The molecule has 0 nitrogen and oxygen atoms in total. The lowest BCUT2D eigenvalue weighted by Crippen LogP contribution is -1.94. The number of rotatable bonds is 4. The van der Waals surface area contributed by atoms with Crippen molar-refractivity contribution in [1.29, 1.82) is 0 Å². The Labute approximate surface area is 74.9 Å². The molecule has 0 heteroatoms. The molecule has 1 atom stereocenters. The van der Waals surface area contributed by atoms with Gasteiger partial charge in [-0.1, -0.05) is 49.9 Å². The van der Waals surface area contributed by atoms with Crippen molar-refractivity contribution >= 4 is 0 Å². The van der Waals surface area contributed by atoms with Crippen molar-refractivity contribution in [2.45, 2.75) is 25.7 Å².